The standard InChI is InChI=1S/C18H30N2O/c1-14(2)18-8-7-17(12-15(18)3)21-11-10-20-9-5-6-16(20)13-19-4/h7-8,12,14,16,19H,5-6,9-11,13H2,1-4H3. The zero-order valence-corrected chi connectivity index (χ0v) is 14.0. The second-order valence-corrected chi connectivity index (χ2v) is 6.41. The van der Waals surface area contributed by atoms with Crippen LogP contribution in [0, 0.1) is 6.92 Å². The van der Waals surface area contributed by atoms with Crippen LogP contribution in [-0.4, -0.2) is 44.2 Å². The van der Waals surface area contributed by atoms with Gasteiger partial charge in [-0.1, -0.05) is 19.9 Å². The summed E-state index contributed by atoms with van der Waals surface area (Å²) >= 11 is 0. The number of rotatable bonds is 7. The van der Waals surface area contributed by atoms with Crippen LogP contribution in [0.4, 0.5) is 0 Å². The van der Waals surface area contributed by atoms with Gasteiger partial charge in [0.05, 0.1) is 0 Å². The maximum atomic E-state index is 5.95. The molecule has 1 aliphatic rings. The van der Waals surface area contributed by atoms with Gasteiger partial charge < -0.3 is 10.1 Å². The zero-order valence-electron chi connectivity index (χ0n) is 14.0. The number of likely N-dealkylation sites (N-methyl/N-ethyl adjacent to an activating group) is 1. The lowest BCUT2D eigenvalue weighted by Gasteiger charge is -2.24. The fourth-order valence-electron chi connectivity index (χ4n) is 3.32. The van der Waals surface area contributed by atoms with Gasteiger partial charge in [-0.15, -0.1) is 0 Å². The van der Waals surface area contributed by atoms with Crippen molar-refractivity contribution >= 4 is 0 Å². The van der Waals surface area contributed by atoms with Crippen LogP contribution in [-0.2, 0) is 0 Å². The SMILES string of the molecule is CNCC1CCCN1CCOc1ccc(C(C)C)c(C)c1. The third-order valence-electron chi connectivity index (χ3n) is 4.45. The first kappa shape index (κ1) is 16.3. The maximum absolute atomic E-state index is 5.95. The van der Waals surface area contributed by atoms with Gasteiger partial charge in [0.2, 0.25) is 0 Å². The van der Waals surface area contributed by atoms with Crippen LogP contribution in [0.25, 0.3) is 0 Å². The van der Waals surface area contributed by atoms with E-state index in [0.717, 1.165) is 25.4 Å². The molecule has 0 aromatic heterocycles. The Labute approximate surface area is 129 Å². The van der Waals surface area contributed by atoms with Crippen molar-refractivity contribution in [2.24, 2.45) is 0 Å². The molecule has 0 amide bonds. The zero-order chi connectivity index (χ0) is 15.2. The monoisotopic (exact) mass is 290 g/mol. The molecular weight excluding hydrogens is 260 g/mol. The number of nitrogens with zero attached hydrogens (tertiary/aromatic N) is 1. The van der Waals surface area contributed by atoms with Crippen LogP contribution in [0.5, 0.6) is 5.75 Å². The summed E-state index contributed by atoms with van der Waals surface area (Å²) in [6.45, 7) is 10.7. The summed E-state index contributed by atoms with van der Waals surface area (Å²) in [7, 11) is 2.03. The van der Waals surface area contributed by atoms with E-state index in [2.05, 4.69) is 49.2 Å². The molecule has 0 bridgehead atoms. The molecular formula is C18H30N2O. The highest BCUT2D eigenvalue weighted by Gasteiger charge is 2.23. The number of ether oxygens (including phenoxy) is 1. The first-order chi connectivity index (χ1) is 10.1. The first-order valence-electron chi connectivity index (χ1n) is 8.23. The van der Waals surface area contributed by atoms with Crippen molar-refractivity contribution in [2.45, 2.75) is 45.6 Å². The van der Waals surface area contributed by atoms with Crippen LogP contribution in [0.3, 0.4) is 0 Å². The van der Waals surface area contributed by atoms with E-state index < -0.39 is 0 Å². The lowest BCUT2D eigenvalue weighted by Crippen LogP contribution is -2.39. The number of benzene rings is 1. The van der Waals surface area contributed by atoms with E-state index in [0.29, 0.717) is 12.0 Å². The molecule has 2 rings (SSSR count). The molecule has 0 saturated carbocycles. The van der Waals surface area contributed by atoms with Crippen LogP contribution in [0.15, 0.2) is 18.2 Å². The molecule has 1 heterocycles. The molecule has 3 nitrogen and oxygen atoms in total. The minimum Gasteiger partial charge on any atom is -0.492 e. The van der Waals surface area contributed by atoms with Gasteiger partial charge in [0, 0.05) is 19.1 Å². The summed E-state index contributed by atoms with van der Waals surface area (Å²) in [5, 5.41) is 3.29. The van der Waals surface area contributed by atoms with Crippen molar-refractivity contribution in [3.8, 4) is 5.75 Å². The number of nitrogens with one attached hydrogen (secondary N) is 1. The minimum absolute atomic E-state index is 0.575. The van der Waals surface area contributed by atoms with Crippen molar-refractivity contribution in [3.05, 3.63) is 29.3 Å². The Kier molecular flexibility index (Phi) is 6.07. The van der Waals surface area contributed by atoms with Crippen molar-refractivity contribution in [1.29, 1.82) is 0 Å². The third-order valence-corrected chi connectivity index (χ3v) is 4.45. The van der Waals surface area contributed by atoms with Gasteiger partial charge in [-0.25, -0.2) is 0 Å². The second kappa shape index (κ2) is 7.81. The fraction of sp³-hybridized carbons (Fsp3) is 0.667. The molecule has 1 aromatic carbocycles. The summed E-state index contributed by atoms with van der Waals surface area (Å²) in [6, 6.07) is 7.17. The average Bonchev–Trinajstić information content (AvgIpc) is 2.86. The molecule has 0 radical (unpaired) electrons. The smallest absolute Gasteiger partial charge is 0.119 e. The van der Waals surface area contributed by atoms with Gasteiger partial charge in [-0.2, -0.15) is 0 Å². The maximum Gasteiger partial charge on any atom is 0.119 e. The minimum atomic E-state index is 0.575. The summed E-state index contributed by atoms with van der Waals surface area (Å²) in [5.41, 5.74) is 2.74. The van der Waals surface area contributed by atoms with Crippen LogP contribution in [0.2, 0.25) is 0 Å². The topological polar surface area (TPSA) is 24.5 Å². The fourth-order valence-corrected chi connectivity index (χ4v) is 3.32. The summed E-state index contributed by atoms with van der Waals surface area (Å²) in [4.78, 5) is 2.55. The van der Waals surface area contributed by atoms with Gasteiger partial charge in [-0.3, -0.25) is 4.90 Å². The molecule has 1 saturated heterocycles. The number of aryl methyl sites for hydroxylation is 1. The Morgan fingerprint density at radius 1 is 1.38 bits per heavy atom. The van der Waals surface area contributed by atoms with Gasteiger partial charge in [0.15, 0.2) is 0 Å². The lowest BCUT2D eigenvalue weighted by molar-refractivity contribution is 0.195. The molecule has 3 heteroatoms. The highest BCUT2D eigenvalue weighted by Crippen LogP contribution is 2.23. The van der Waals surface area contributed by atoms with Gasteiger partial charge in [-0.05, 0) is 62.5 Å². The Balaban J connectivity index is 1.82. The molecule has 1 atom stereocenters. The Morgan fingerprint density at radius 2 is 2.19 bits per heavy atom. The molecule has 1 aromatic rings. The van der Waals surface area contributed by atoms with E-state index >= 15 is 0 Å². The Hall–Kier alpha value is -1.06. The number of hydrogen-bond donors (Lipinski definition) is 1. The van der Waals surface area contributed by atoms with Crippen molar-refractivity contribution in [3.63, 3.8) is 0 Å². The van der Waals surface area contributed by atoms with Crippen LogP contribution in [0.1, 0.15) is 43.7 Å². The predicted octanol–water partition coefficient (Wildman–Crippen LogP) is 3.18. The van der Waals surface area contributed by atoms with E-state index in [-0.39, 0.29) is 0 Å². The van der Waals surface area contributed by atoms with E-state index in [9.17, 15) is 0 Å². The third kappa shape index (κ3) is 4.45. The van der Waals surface area contributed by atoms with Gasteiger partial charge in [0.25, 0.3) is 0 Å². The lowest BCUT2D eigenvalue weighted by atomic mass is 9.98. The normalized spacial score (nSPS) is 19.4. The van der Waals surface area contributed by atoms with Crippen molar-refractivity contribution < 1.29 is 4.74 Å². The molecule has 1 fully saturated rings. The Bertz CT molecular complexity index is 445. The Morgan fingerprint density at radius 3 is 2.86 bits per heavy atom. The van der Waals surface area contributed by atoms with E-state index in [1.54, 1.807) is 0 Å². The molecule has 0 aliphatic carbocycles. The predicted molar refractivity (Wildman–Crippen MR) is 89.3 cm³/mol. The highest BCUT2D eigenvalue weighted by molar-refractivity contribution is 5.36. The molecule has 21 heavy (non-hydrogen) atoms. The van der Waals surface area contributed by atoms with E-state index in [1.807, 2.05) is 7.05 Å². The number of hydrogen-bond acceptors (Lipinski definition) is 3. The summed E-state index contributed by atoms with van der Waals surface area (Å²) < 4.78 is 5.95. The molecule has 1 N–H and O–H groups in total. The van der Waals surface area contributed by atoms with Crippen LogP contribution < -0.4 is 10.1 Å². The highest BCUT2D eigenvalue weighted by atomic mass is 16.5. The van der Waals surface area contributed by atoms with Gasteiger partial charge >= 0.3 is 0 Å². The van der Waals surface area contributed by atoms with Gasteiger partial charge in [0.1, 0.15) is 12.4 Å². The second-order valence-electron chi connectivity index (χ2n) is 6.41. The van der Waals surface area contributed by atoms with Crippen molar-refractivity contribution in [2.75, 3.05) is 33.3 Å². The first-order valence-corrected chi connectivity index (χ1v) is 8.23. The summed E-state index contributed by atoms with van der Waals surface area (Å²) in [6.07, 6.45) is 2.62. The molecule has 1 unspecified atom stereocenters. The summed E-state index contributed by atoms with van der Waals surface area (Å²) in [5.74, 6) is 1.58. The largest absolute Gasteiger partial charge is 0.492 e. The molecule has 0 spiro atoms. The quantitative estimate of drug-likeness (QED) is 0.834. The van der Waals surface area contributed by atoms with Crippen molar-refractivity contribution in [1.82, 2.24) is 10.2 Å². The molecule has 1 aliphatic heterocycles. The number of likely N-dealkylation sites (tertiary alicyclic amines) is 1. The van der Waals surface area contributed by atoms with E-state index in [4.69, 9.17) is 4.74 Å². The molecule has 118 valence electrons. The van der Waals surface area contributed by atoms with Crippen LogP contribution >= 0.6 is 0 Å². The van der Waals surface area contributed by atoms with E-state index in [1.165, 1.54) is 30.5 Å². The average molecular weight is 290 g/mol.